The van der Waals surface area contributed by atoms with Crippen LogP contribution in [-0.2, 0) is 0 Å². The number of nitrogens with two attached hydrogens (primary N) is 1. The second kappa shape index (κ2) is 5.48. The number of rotatable bonds is 3. The Hall–Kier alpha value is -1.84. The number of benzene rings is 1. The average Bonchev–Trinajstić information content (AvgIpc) is 2.90. The molecule has 0 spiro atoms. The fourth-order valence-corrected chi connectivity index (χ4v) is 1.97. The summed E-state index contributed by atoms with van der Waals surface area (Å²) in [6.07, 6.45) is 2.35. The van der Waals surface area contributed by atoms with Crippen molar-refractivity contribution in [3.8, 4) is 0 Å². The highest BCUT2D eigenvalue weighted by Gasteiger charge is 2.15. The summed E-state index contributed by atoms with van der Waals surface area (Å²) >= 11 is 0. The number of nitrogens with zero attached hydrogens (tertiary/aromatic N) is 1. The van der Waals surface area contributed by atoms with Gasteiger partial charge >= 0.3 is 5.96 Å². The van der Waals surface area contributed by atoms with E-state index in [-0.39, 0.29) is 12.3 Å². The molecule has 17 heavy (non-hydrogen) atoms. The van der Waals surface area contributed by atoms with Crippen molar-refractivity contribution < 1.29 is 9.37 Å². The Morgan fingerprint density at radius 3 is 2.53 bits per heavy atom. The van der Waals surface area contributed by atoms with E-state index in [0.29, 0.717) is 11.5 Å². The Balaban J connectivity index is 1.90. The van der Waals surface area contributed by atoms with Crippen LogP contribution in [0, 0.1) is 0 Å². The van der Waals surface area contributed by atoms with Gasteiger partial charge in [-0.15, -0.1) is 0 Å². The molecule has 4 nitrogen and oxygen atoms in total. The molecule has 0 aliphatic carbocycles. The number of carbonyl (C=O) groups is 1. The second-order valence-electron chi connectivity index (χ2n) is 4.22. The highest BCUT2D eigenvalue weighted by atomic mass is 16.1. The maximum absolute atomic E-state index is 11.8. The quantitative estimate of drug-likeness (QED) is 0.455. The van der Waals surface area contributed by atoms with Crippen LogP contribution < -0.4 is 11.1 Å². The van der Waals surface area contributed by atoms with Crippen molar-refractivity contribution in [3.63, 3.8) is 0 Å². The van der Waals surface area contributed by atoms with Gasteiger partial charge in [0.1, 0.15) is 6.54 Å². The predicted octanol–water partition coefficient (Wildman–Crippen LogP) is 0.580. The average molecular weight is 232 g/mol. The summed E-state index contributed by atoms with van der Waals surface area (Å²) in [6, 6.07) is 9.25. The first-order valence-electron chi connectivity index (χ1n) is 5.97. The molecule has 0 radical (unpaired) electrons. The number of hydrogen-bond donors (Lipinski definition) is 2. The van der Waals surface area contributed by atoms with E-state index >= 15 is 0 Å². The van der Waals surface area contributed by atoms with E-state index < -0.39 is 0 Å². The number of guanidine groups is 1. The molecule has 0 saturated carbocycles. The first-order valence-corrected chi connectivity index (χ1v) is 5.97. The summed E-state index contributed by atoms with van der Waals surface area (Å²) in [5.41, 5.74) is 6.60. The maximum Gasteiger partial charge on any atom is 0.343 e. The molecular weight excluding hydrogens is 214 g/mol. The molecule has 1 fully saturated rings. The minimum absolute atomic E-state index is 0.0627. The van der Waals surface area contributed by atoms with E-state index in [2.05, 4.69) is 9.89 Å². The molecule has 1 aromatic rings. The van der Waals surface area contributed by atoms with Gasteiger partial charge in [-0.2, -0.15) is 0 Å². The Bertz CT molecular complexity index is 418. The van der Waals surface area contributed by atoms with Gasteiger partial charge in [0.2, 0.25) is 0 Å². The third kappa shape index (κ3) is 3.06. The summed E-state index contributed by atoms with van der Waals surface area (Å²) in [5.74, 6) is 0.680. The Labute approximate surface area is 101 Å². The van der Waals surface area contributed by atoms with Crippen LogP contribution in [0.4, 0.5) is 0 Å². The minimum Gasteiger partial charge on any atom is -0.291 e. The van der Waals surface area contributed by atoms with E-state index in [4.69, 9.17) is 5.73 Å². The van der Waals surface area contributed by atoms with Crippen LogP contribution in [0.25, 0.3) is 0 Å². The molecule has 90 valence electrons. The summed E-state index contributed by atoms with van der Waals surface area (Å²) < 4.78 is 2.08. The Kier molecular flexibility index (Phi) is 3.75. The highest BCUT2D eigenvalue weighted by Crippen LogP contribution is 2.01. The summed E-state index contributed by atoms with van der Waals surface area (Å²) in [6.45, 7) is 2.23. The topological polar surface area (TPSA) is 58.1 Å². The normalized spacial score (nSPS) is 14.7. The van der Waals surface area contributed by atoms with Crippen molar-refractivity contribution in [2.24, 2.45) is 5.73 Å². The molecule has 1 aliphatic rings. The van der Waals surface area contributed by atoms with Crippen LogP contribution in [0.2, 0.25) is 0 Å². The lowest BCUT2D eigenvalue weighted by atomic mass is 10.1. The van der Waals surface area contributed by atoms with Gasteiger partial charge in [0.15, 0.2) is 5.78 Å². The van der Waals surface area contributed by atoms with E-state index in [1.165, 1.54) is 12.8 Å². The van der Waals surface area contributed by atoms with Gasteiger partial charge in [-0.05, 0) is 12.8 Å². The van der Waals surface area contributed by atoms with E-state index in [1.54, 1.807) is 0 Å². The largest absolute Gasteiger partial charge is 0.343 e. The molecule has 3 N–H and O–H groups in total. The molecule has 1 saturated heterocycles. The van der Waals surface area contributed by atoms with Crippen LogP contribution in [-0.4, -0.2) is 36.0 Å². The summed E-state index contributed by atoms with van der Waals surface area (Å²) in [7, 11) is 0. The molecular formula is C13H18N3O+. The van der Waals surface area contributed by atoms with Gasteiger partial charge in [-0.25, -0.2) is 0 Å². The lowest BCUT2D eigenvalue weighted by molar-refractivity contribution is -0.509. The van der Waals surface area contributed by atoms with Crippen LogP contribution >= 0.6 is 0 Å². The Morgan fingerprint density at radius 2 is 1.88 bits per heavy atom. The zero-order valence-electron chi connectivity index (χ0n) is 9.86. The van der Waals surface area contributed by atoms with Gasteiger partial charge in [0, 0.05) is 5.56 Å². The molecule has 0 atom stereocenters. The van der Waals surface area contributed by atoms with Crippen molar-refractivity contribution in [3.05, 3.63) is 35.9 Å². The van der Waals surface area contributed by atoms with Crippen molar-refractivity contribution in [1.29, 1.82) is 0 Å². The fraction of sp³-hybridized carbons (Fsp3) is 0.385. The third-order valence-corrected chi connectivity index (χ3v) is 2.97. The van der Waals surface area contributed by atoms with Gasteiger partial charge in [0.25, 0.3) is 0 Å². The first-order chi connectivity index (χ1) is 8.27. The summed E-state index contributed by atoms with van der Waals surface area (Å²) in [4.78, 5) is 11.8. The SMILES string of the molecule is NC(NCC(=O)c1ccccc1)=[N+]1CCCC1. The van der Waals surface area contributed by atoms with Gasteiger partial charge < -0.3 is 0 Å². The van der Waals surface area contributed by atoms with E-state index in [9.17, 15) is 4.79 Å². The standard InChI is InChI=1S/C13H17N3O/c14-13(16-8-4-5-9-16)15-10-12(17)11-6-2-1-3-7-11/h1-3,6-7H,4-5,8-10H2,(H2,14,15)/p+1. The monoisotopic (exact) mass is 232 g/mol. The lowest BCUT2D eigenvalue weighted by Crippen LogP contribution is -2.42. The number of nitrogens with one attached hydrogen (secondary N) is 1. The third-order valence-electron chi connectivity index (χ3n) is 2.97. The van der Waals surface area contributed by atoms with Crippen LogP contribution in [0.15, 0.2) is 30.3 Å². The number of Topliss-reactive ketones (excluding diaryl/α,β-unsaturated/α-hetero) is 1. The molecule has 1 heterocycles. The van der Waals surface area contributed by atoms with E-state index in [0.717, 1.165) is 13.1 Å². The van der Waals surface area contributed by atoms with Gasteiger partial charge in [0.05, 0.1) is 13.1 Å². The number of hydrogen-bond acceptors (Lipinski definition) is 1. The molecule has 2 rings (SSSR count). The molecule has 4 heteroatoms. The van der Waals surface area contributed by atoms with Gasteiger partial charge in [-0.1, -0.05) is 30.3 Å². The number of carbonyl (C=O) groups excluding carboxylic acids is 1. The first kappa shape index (κ1) is 11.6. The summed E-state index contributed by atoms with van der Waals surface area (Å²) in [5, 5.41) is 2.99. The number of ketones is 1. The molecule has 0 bridgehead atoms. The van der Waals surface area contributed by atoms with Crippen LogP contribution in [0.1, 0.15) is 23.2 Å². The highest BCUT2D eigenvalue weighted by molar-refractivity contribution is 5.99. The molecule has 0 unspecified atom stereocenters. The molecule has 0 aromatic heterocycles. The van der Waals surface area contributed by atoms with Crippen molar-refractivity contribution in [2.75, 3.05) is 19.6 Å². The lowest BCUT2D eigenvalue weighted by Gasteiger charge is -2.04. The van der Waals surface area contributed by atoms with Crippen molar-refractivity contribution in [2.45, 2.75) is 12.8 Å². The maximum atomic E-state index is 11.8. The molecule has 1 aromatic carbocycles. The smallest absolute Gasteiger partial charge is 0.291 e. The van der Waals surface area contributed by atoms with Crippen LogP contribution in [0.3, 0.4) is 0 Å². The van der Waals surface area contributed by atoms with Crippen LogP contribution in [0.5, 0.6) is 0 Å². The zero-order valence-corrected chi connectivity index (χ0v) is 9.86. The fourth-order valence-electron chi connectivity index (χ4n) is 1.97. The molecule has 1 aliphatic heterocycles. The predicted molar refractivity (Wildman–Crippen MR) is 67.2 cm³/mol. The second-order valence-corrected chi connectivity index (χ2v) is 4.22. The van der Waals surface area contributed by atoms with Gasteiger partial charge in [-0.3, -0.25) is 20.4 Å². The minimum atomic E-state index is 0.0627. The van der Waals surface area contributed by atoms with Crippen molar-refractivity contribution in [1.82, 2.24) is 5.32 Å². The molecule has 0 amide bonds. The van der Waals surface area contributed by atoms with Crippen molar-refractivity contribution >= 4 is 11.7 Å². The zero-order chi connectivity index (χ0) is 12.1. The Morgan fingerprint density at radius 1 is 1.24 bits per heavy atom. The van der Waals surface area contributed by atoms with E-state index in [1.807, 2.05) is 30.3 Å².